The molecule has 1 heterocycles. The van der Waals surface area contributed by atoms with Crippen LogP contribution in [-0.4, -0.2) is 37.0 Å². The molecule has 1 amide bonds. The predicted molar refractivity (Wildman–Crippen MR) is 75.3 cm³/mol. The van der Waals surface area contributed by atoms with E-state index in [4.69, 9.17) is 22.1 Å². The summed E-state index contributed by atoms with van der Waals surface area (Å²) in [5.41, 5.74) is 5.61. The first kappa shape index (κ1) is 14.2. The summed E-state index contributed by atoms with van der Waals surface area (Å²) in [6.45, 7) is 2.66. The van der Waals surface area contributed by atoms with Gasteiger partial charge in [0.05, 0.1) is 13.0 Å². The lowest BCUT2D eigenvalue weighted by Crippen LogP contribution is -2.30. The van der Waals surface area contributed by atoms with E-state index in [0.717, 1.165) is 25.3 Å². The van der Waals surface area contributed by atoms with Crippen LogP contribution in [0.4, 0.5) is 0 Å². The number of nitrogens with two attached hydrogens (primary N) is 1. The van der Waals surface area contributed by atoms with Crippen molar-refractivity contribution in [1.29, 1.82) is 0 Å². The van der Waals surface area contributed by atoms with E-state index in [-0.39, 0.29) is 5.91 Å². The third-order valence-corrected chi connectivity index (χ3v) is 3.62. The van der Waals surface area contributed by atoms with Gasteiger partial charge in [0, 0.05) is 18.1 Å². The fourth-order valence-electron chi connectivity index (χ4n) is 2.20. The lowest BCUT2D eigenvalue weighted by Gasteiger charge is -2.16. The molecule has 1 atom stereocenters. The Kier molecular flexibility index (Phi) is 5.05. The number of ether oxygens (including phenoxy) is 1. The molecule has 0 aromatic heterocycles. The average Bonchev–Trinajstić information content (AvgIpc) is 2.90. The summed E-state index contributed by atoms with van der Waals surface area (Å²) in [6.07, 6.45) is 1.42. The molecule has 0 spiro atoms. The van der Waals surface area contributed by atoms with Crippen LogP contribution in [0.5, 0.6) is 5.75 Å². The number of rotatable bonds is 5. The summed E-state index contributed by atoms with van der Waals surface area (Å²) < 4.78 is 5.51. The third-order valence-electron chi connectivity index (χ3n) is 3.37. The number of nitrogens with zero attached hydrogens (tertiary/aromatic N) is 1. The fourth-order valence-corrected chi connectivity index (χ4v) is 2.32. The molecule has 1 aromatic carbocycles. The predicted octanol–water partition coefficient (Wildman–Crippen LogP) is 1.92. The zero-order chi connectivity index (χ0) is 13.7. The number of hydrogen-bond acceptors (Lipinski definition) is 3. The maximum Gasteiger partial charge on any atom is 0.226 e. The van der Waals surface area contributed by atoms with Gasteiger partial charge in [-0.15, -0.1) is 0 Å². The van der Waals surface area contributed by atoms with Gasteiger partial charge in [-0.2, -0.15) is 0 Å². The molecule has 0 radical (unpaired) electrons. The van der Waals surface area contributed by atoms with Gasteiger partial charge in [-0.25, -0.2) is 0 Å². The molecule has 4 nitrogen and oxygen atoms in total. The van der Waals surface area contributed by atoms with Crippen LogP contribution in [0.3, 0.4) is 0 Å². The quantitative estimate of drug-likeness (QED) is 0.898. The molecule has 1 aromatic rings. The third kappa shape index (κ3) is 4.11. The van der Waals surface area contributed by atoms with E-state index in [9.17, 15) is 4.79 Å². The lowest BCUT2D eigenvalue weighted by molar-refractivity contribution is -0.130. The SMILES string of the molecule is NC[C@H]1CCN(C(=O)CCOc2ccc(Cl)cc2)C1. The molecule has 2 rings (SSSR count). The van der Waals surface area contributed by atoms with Crippen molar-refractivity contribution < 1.29 is 9.53 Å². The van der Waals surface area contributed by atoms with Crippen molar-refractivity contribution in [1.82, 2.24) is 4.90 Å². The molecular weight excluding hydrogens is 264 g/mol. The van der Waals surface area contributed by atoms with Crippen LogP contribution in [0.1, 0.15) is 12.8 Å². The number of halogens is 1. The summed E-state index contributed by atoms with van der Waals surface area (Å²) in [5, 5.41) is 0.674. The van der Waals surface area contributed by atoms with Crippen molar-refractivity contribution >= 4 is 17.5 Å². The molecule has 5 heteroatoms. The highest BCUT2D eigenvalue weighted by atomic mass is 35.5. The first-order valence-corrected chi connectivity index (χ1v) is 6.93. The van der Waals surface area contributed by atoms with Crippen LogP contribution >= 0.6 is 11.6 Å². The summed E-state index contributed by atoms with van der Waals surface area (Å²) in [7, 11) is 0. The summed E-state index contributed by atoms with van der Waals surface area (Å²) >= 11 is 5.78. The molecule has 0 bridgehead atoms. The van der Waals surface area contributed by atoms with Crippen molar-refractivity contribution in [2.45, 2.75) is 12.8 Å². The molecule has 1 saturated heterocycles. The van der Waals surface area contributed by atoms with E-state index in [1.165, 1.54) is 0 Å². The maximum absolute atomic E-state index is 11.9. The molecule has 104 valence electrons. The minimum atomic E-state index is 0.143. The molecule has 2 N–H and O–H groups in total. The van der Waals surface area contributed by atoms with Gasteiger partial charge >= 0.3 is 0 Å². The Labute approximate surface area is 118 Å². The zero-order valence-corrected chi connectivity index (χ0v) is 11.6. The van der Waals surface area contributed by atoms with Gasteiger partial charge in [0.1, 0.15) is 5.75 Å². The number of amides is 1. The highest BCUT2D eigenvalue weighted by Crippen LogP contribution is 2.17. The molecule has 0 aliphatic carbocycles. The van der Waals surface area contributed by atoms with E-state index in [2.05, 4.69) is 0 Å². The number of hydrogen-bond donors (Lipinski definition) is 1. The van der Waals surface area contributed by atoms with Gasteiger partial charge in [0.25, 0.3) is 0 Å². The standard InChI is InChI=1S/C14H19ClN2O2/c15-12-1-3-13(4-2-12)19-8-6-14(18)17-7-5-11(9-16)10-17/h1-4,11H,5-10,16H2/t11-/m1/s1. The Hall–Kier alpha value is -1.26. The zero-order valence-electron chi connectivity index (χ0n) is 10.8. The summed E-state index contributed by atoms with van der Waals surface area (Å²) in [5.74, 6) is 1.34. The molecule has 1 aliphatic rings. The minimum Gasteiger partial charge on any atom is -0.493 e. The Morgan fingerprint density at radius 1 is 1.42 bits per heavy atom. The van der Waals surface area contributed by atoms with Gasteiger partial charge < -0.3 is 15.4 Å². The molecule has 1 fully saturated rings. The van der Waals surface area contributed by atoms with Gasteiger partial charge in [-0.3, -0.25) is 4.79 Å². The van der Waals surface area contributed by atoms with Crippen molar-refractivity contribution in [2.75, 3.05) is 26.2 Å². The van der Waals surface area contributed by atoms with Crippen LogP contribution < -0.4 is 10.5 Å². The Morgan fingerprint density at radius 2 is 2.16 bits per heavy atom. The second-order valence-corrected chi connectivity index (χ2v) is 5.22. The smallest absolute Gasteiger partial charge is 0.226 e. The normalized spacial score (nSPS) is 18.6. The molecule has 1 aliphatic heterocycles. The summed E-state index contributed by atoms with van der Waals surface area (Å²) in [4.78, 5) is 13.8. The number of likely N-dealkylation sites (tertiary alicyclic amines) is 1. The van der Waals surface area contributed by atoms with Crippen LogP contribution in [-0.2, 0) is 4.79 Å². The van der Waals surface area contributed by atoms with Crippen molar-refractivity contribution in [3.63, 3.8) is 0 Å². The maximum atomic E-state index is 11.9. The van der Waals surface area contributed by atoms with E-state index < -0.39 is 0 Å². The molecule has 0 unspecified atom stereocenters. The second-order valence-electron chi connectivity index (χ2n) is 4.78. The van der Waals surface area contributed by atoms with Crippen molar-refractivity contribution in [3.05, 3.63) is 29.3 Å². The monoisotopic (exact) mass is 282 g/mol. The topological polar surface area (TPSA) is 55.6 Å². The second kappa shape index (κ2) is 6.78. The molecule has 0 saturated carbocycles. The molecule has 19 heavy (non-hydrogen) atoms. The van der Waals surface area contributed by atoms with Crippen molar-refractivity contribution in [3.8, 4) is 5.75 Å². The minimum absolute atomic E-state index is 0.143. The first-order valence-electron chi connectivity index (χ1n) is 6.55. The van der Waals surface area contributed by atoms with Gasteiger partial charge in [0.2, 0.25) is 5.91 Å². The Bertz CT molecular complexity index is 422. The van der Waals surface area contributed by atoms with Crippen molar-refractivity contribution in [2.24, 2.45) is 11.7 Å². The van der Waals surface area contributed by atoms with E-state index >= 15 is 0 Å². The molecular formula is C14H19ClN2O2. The van der Waals surface area contributed by atoms with Gasteiger partial charge in [-0.05, 0) is 43.1 Å². The number of benzene rings is 1. The highest BCUT2D eigenvalue weighted by molar-refractivity contribution is 6.30. The van der Waals surface area contributed by atoms with E-state index in [1.54, 1.807) is 24.3 Å². The van der Waals surface area contributed by atoms with Gasteiger partial charge in [0.15, 0.2) is 0 Å². The number of carbonyl (C=O) groups excluding carboxylic acids is 1. The van der Waals surface area contributed by atoms with Crippen LogP contribution in [0.25, 0.3) is 0 Å². The van der Waals surface area contributed by atoms with Crippen LogP contribution in [0.15, 0.2) is 24.3 Å². The Balaban J connectivity index is 1.71. The highest BCUT2D eigenvalue weighted by Gasteiger charge is 2.24. The van der Waals surface area contributed by atoms with E-state index in [0.29, 0.717) is 30.5 Å². The van der Waals surface area contributed by atoms with Crippen LogP contribution in [0, 0.1) is 5.92 Å². The number of carbonyl (C=O) groups is 1. The summed E-state index contributed by atoms with van der Waals surface area (Å²) in [6, 6.07) is 7.14. The Morgan fingerprint density at radius 3 is 2.79 bits per heavy atom. The average molecular weight is 283 g/mol. The van der Waals surface area contributed by atoms with Crippen LogP contribution in [0.2, 0.25) is 5.02 Å². The van der Waals surface area contributed by atoms with Gasteiger partial charge in [-0.1, -0.05) is 11.6 Å². The lowest BCUT2D eigenvalue weighted by atomic mass is 10.1. The van der Waals surface area contributed by atoms with E-state index in [1.807, 2.05) is 4.90 Å². The fraction of sp³-hybridized carbons (Fsp3) is 0.500. The largest absolute Gasteiger partial charge is 0.493 e. The first-order chi connectivity index (χ1) is 9.19.